The third-order valence-corrected chi connectivity index (χ3v) is 4.61. The van der Waals surface area contributed by atoms with Crippen molar-refractivity contribution in [3.8, 4) is 0 Å². The van der Waals surface area contributed by atoms with Crippen LogP contribution in [0.15, 0.2) is 17.0 Å². The lowest BCUT2D eigenvalue weighted by molar-refractivity contribution is 0.0696. The number of aromatic carboxylic acids is 1. The number of carboxylic acid groups (broad SMARTS) is 1. The van der Waals surface area contributed by atoms with Crippen molar-refractivity contribution in [2.24, 2.45) is 0 Å². The van der Waals surface area contributed by atoms with Gasteiger partial charge < -0.3 is 5.11 Å². The van der Waals surface area contributed by atoms with E-state index in [0.717, 1.165) is 10.7 Å². The molecule has 5 nitrogen and oxygen atoms in total. The number of benzene rings is 1. The van der Waals surface area contributed by atoms with Crippen molar-refractivity contribution in [3.05, 3.63) is 29.3 Å². The van der Waals surface area contributed by atoms with Crippen LogP contribution in [-0.2, 0) is 10.0 Å². The van der Waals surface area contributed by atoms with E-state index in [0.29, 0.717) is 18.6 Å². The molecule has 0 atom stereocenters. The summed E-state index contributed by atoms with van der Waals surface area (Å²) in [5.74, 6) is -4.61. The zero-order valence-electron chi connectivity index (χ0n) is 11.1. The predicted octanol–water partition coefficient (Wildman–Crippen LogP) is 2.08. The molecular weight excluding hydrogens is 292 g/mol. The van der Waals surface area contributed by atoms with Crippen LogP contribution in [0.1, 0.15) is 30.1 Å². The SMILES string of the molecule is CCCCN(C)S(=O)(=O)c1cc(C(=O)O)cc(F)c1F. The standard InChI is InChI=1S/C12H15F2NO4S/c1-3-4-5-15(2)20(18,19)10-7-8(12(16)17)6-9(13)11(10)14/h6-7H,3-5H2,1-2H3,(H,16,17). The Bertz CT molecular complexity index is 616. The molecule has 1 aromatic rings. The van der Waals surface area contributed by atoms with Crippen LogP contribution in [0.25, 0.3) is 0 Å². The second kappa shape index (κ2) is 6.27. The maximum atomic E-state index is 13.6. The summed E-state index contributed by atoms with van der Waals surface area (Å²) in [4.78, 5) is 9.82. The van der Waals surface area contributed by atoms with Crippen molar-refractivity contribution in [3.63, 3.8) is 0 Å². The topological polar surface area (TPSA) is 74.7 Å². The molecule has 0 saturated carbocycles. The average Bonchev–Trinajstić information content (AvgIpc) is 2.38. The van der Waals surface area contributed by atoms with E-state index in [1.54, 1.807) is 0 Å². The van der Waals surface area contributed by atoms with Gasteiger partial charge in [0, 0.05) is 13.6 Å². The quantitative estimate of drug-likeness (QED) is 0.873. The highest BCUT2D eigenvalue weighted by atomic mass is 32.2. The minimum Gasteiger partial charge on any atom is -0.478 e. The van der Waals surface area contributed by atoms with Crippen LogP contribution >= 0.6 is 0 Å². The Labute approximate surface area is 115 Å². The van der Waals surface area contributed by atoms with Crippen LogP contribution in [0.5, 0.6) is 0 Å². The third-order valence-electron chi connectivity index (χ3n) is 2.76. The third kappa shape index (κ3) is 3.31. The van der Waals surface area contributed by atoms with Crippen molar-refractivity contribution < 1.29 is 27.1 Å². The molecule has 0 radical (unpaired) electrons. The van der Waals surface area contributed by atoms with E-state index >= 15 is 0 Å². The molecule has 1 aromatic carbocycles. The first-order chi connectivity index (χ1) is 9.21. The van der Waals surface area contributed by atoms with Gasteiger partial charge in [-0.05, 0) is 18.6 Å². The molecule has 0 saturated heterocycles. The summed E-state index contributed by atoms with van der Waals surface area (Å²) < 4.78 is 52.1. The lowest BCUT2D eigenvalue weighted by Crippen LogP contribution is -2.29. The Hall–Kier alpha value is -1.54. The summed E-state index contributed by atoms with van der Waals surface area (Å²) in [5, 5.41) is 8.77. The van der Waals surface area contributed by atoms with Gasteiger partial charge in [0.1, 0.15) is 4.90 Å². The molecule has 0 heterocycles. The van der Waals surface area contributed by atoms with Gasteiger partial charge in [-0.25, -0.2) is 26.3 Å². The van der Waals surface area contributed by atoms with Gasteiger partial charge in [-0.3, -0.25) is 0 Å². The molecule has 0 aliphatic rings. The Morgan fingerprint density at radius 1 is 1.35 bits per heavy atom. The minimum absolute atomic E-state index is 0.136. The van der Waals surface area contributed by atoms with E-state index in [1.807, 2.05) is 6.92 Å². The molecule has 0 aromatic heterocycles. The summed E-state index contributed by atoms with van der Waals surface area (Å²) in [6.45, 7) is 1.99. The Morgan fingerprint density at radius 2 is 1.95 bits per heavy atom. The molecule has 112 valence electrons. The van der Waals surface area contributed by atoms with Gasteiger partial charge in [-0.2, -0.15) is 0 Å². The van der Waals surface area contributed by atoms with Crippen molar-refractivity contribution >= 4 is 16.0 Å². The van der Waals surface area contributed by atoms with Gasteiger partial charge >= 0.3 is 5.97 Å². The number of carboxylic acids is 1. The molecule has 0 unspecified atom stereocenters. The summed E-state index contributed by atoms with van der Waals surface area (Å²) in [6.07, 6.45) is 1.28. The molecular formula is C12H15F2NO4S. The number of carbonyl (C=O) groups is 1. The lowest BCUT2D eigenvalue weighted by Gasteiger charge is -2.17. The van der Waals surface area contributed by atoms with Gasteiger partial charge in [-0.1, -0.05) is 13.3 Å². The van der Waals surface area contributed by atoms with Crippen LogP contribution in [-0.4, -0.2) is 37.4 Å². The normalized spacial score (nSPS) is 11.8. The van der Waals surface area contributed by atoms with Gasteiger partial charge in [0.15, 0.2) is 11.6 Å². The number of halogens is 2. The first kappa shape index (κ1) is 16.5. The van der Waals surface area contributed by atoms with Crippen molar-refractivity contribution in [2.45, 2.75) is 24.7 Å². The van der Waals surface area contributed by atoms with Crippen molar-refractivity contribution in [1.29, 1.82) is 0 Å². The number of sulfonamides is 1. The molecule has 1 rings (SSSR count). The fourth-order valence-corrected chi connectivity index (χ4v) is 2.85. The Balaban J connectivity index is 3.34. The van der Waals surface area contributed by atoms with E-state index in [9.17, 15) is 22.0 Å². The van der Waals surface area contributed by atoms with Crippen molar-refractivity contribution in [1.82, 2.24) is 4.31 Å². The molecule has 20 heavy (non-hydrogen) atoms. The summed E-state index contributed by atoms with van der Waals surface area (Å²) in [6, 6.07) is 1.07. The molecule has 1 N–H and O–H groups in total. The molecule has 8 heteroatoms. The summed E-state index contributed by atoms with van der Waals surface area (Å²) in [5.41, 5.74) is -0.619. The average molecular weight is 307 g/mol. The highest BCUT2D eigenvalue weighted by Crippen LogP contribution is 2.23. The molecule has 0 bridgehead atoms. The first-order valence-electron chi connectivity index (χ1n) is 5.90. The van der Waals surface area contributed by atoms with Gasteiger partial charge in [0.05, 0.1) is 5.56 Å². The molecule has 0 aliphatic heterocycles. The van der Waals surface area contributed by atoms with Crippen LogP contribution in [0.3, 0.4) is 0 Å². The zero-order chi connectivity index (χ0) is 15.5. The zero-order valence-corrected chi connectivity index (χ0v) is 11.9. The van der Waals surface area contributed by atoms with E-state index in [1.165, 1.54) is 7.05 Å². The lowest BCUT2D eigenvalue weighted by atomic mass is 10.2. The first-order valence-corrected chi connectivity index (χ1v) is 7.34. The van der Waals surface area contributed by atoms with Crippen LogP contribution in [0.2, 0.25) is 0 Å². The van der Waals surface area contributed by atoms with E-state index in [-0.39, 0.29) is 6.54 Å². The highest BCUT2D eigenvalue weighted by Gasteiger charge is 2.28. The van der Waals surface area contributed by atoms with Gasteiger partial charge in [0.25, 0.3) is 0 Å². The number of hydrogen-bond donors (Lipinski definition) is 1. The second-order valence-electron chi connectivity index (χ2n) is 4.26. The second-order valence-corrected chi connectivity index (χ2v) is 6.27. The Morgan fingerprint density at radius 3 is 2.45 bits per heavy atom. The van der Waals surface area contributed by atoms with Crippen LogP contribution in [0.4, 0.5) is 8.78 Å². The molecule has 0 aliphatic carbocycles. The number of nitrogens with zero attached hydrogens (tertiary/aromatic N) is 1. The maximum Gasteiger partial charge on any atom is 0.335 e. The largest absolute Gasteiger partial charge is 0.478 e. The number of unbranched alkanes of at least 4 members (excludes halogenated alkanes) is 1. The van der Waals surface area contributed by atoms with Crippen molar-refractivity contribution in [2.75, 3.05) is 13.6 Å². The van der Waals surface area contributed by atoms with Crippen LogP contribution in [0, 0.1) is 11.6 Å². The Kier molecular flexibility index (Phi) is 5.18. The number of rotatable bonds is 6. The predicted molar refractivity (Wildman–Crippen MR) is 68.0 cm³/mol. The van der Waals surface area contributed by atoms with Gasteiger partial charge in [-0.15, -0.1) is 0 Å². The van der Waals surface area contributed by atoms with E-state index < -0.39 is 38.1 Å². The van der Waals surface area contributed by atoms with Crippen LogP contribution < -0.4 is 0 Å². The molecule has 0 amide bonds. The fourth-order valence-electron chi connectivity index (χ4n) is 1.54. The molecule has 0 spiro atoms. The smallest absolute Gasteiger partial charge is 0.335 e. The monoisotopic (exact) mass is 307 g/mol. The summed E-state index contributed by atoms with van der Waals surface area (Å²) >= 11 is 0. The van der Waals surface area contributed by atoms with E-state index in [2.05, 4.69) is 0 Å². The minimum atomic E-state index is -4.27. The van der Waals surface area contributed by atoms with Gasteiger partial charge in [0.2, 0.25) is 10.0 Å². The molecule has 0 fully saturated rings. The fraction of sp³-hybridized carbons (Fsp3) is 0.417. The highest BCUT2D eigenvalue weighted by molar-refractivity contribution is 7.89. The van der Waals surface area contributed by atoms with E-state index in [4.69, 9.17) is 5.11 Å². The maximum absolute atomic E-state index is 13.6. The summed E-state index contributed by atoms with van der Waals surface area (Å²) in [7, 11) is -3.03. The number of hydrogen-bond acceptors (Lipinski definition) is 3.